The Morgan fingerprint density at radius 3 is 2.38 bits per heavy atom. The topological polar surface area (TPSA) is 57.5 Å². The molecule has 2 N–H and O–H groups in total. The number of hydrogen-bond acceptors (Lipinski definition) is 2. The normalized spacial score (nSPS) is 11.2. The van der Waals surface area contributed by atoms with Crippen molar-refractivity contribution >= 4 is 5.97 Å². The predicted molar refractivity (Wildman–Crippen MR) is 27.1 cm³/mol. The molecule has 0 rings (SSSR count). The second-order valence-electron chi connectivity index (χ2n) is 1.25. The van der Waals surface area contributed by atoms with Gasteiger partial charge in [-0.2, -0.15) is 0 Å². The van der Waals surface area contributed by atoms with Crippen LogP contribution in [0.15, 0.2) is 0 Å². The molecule has 0 aromatic rings. The first kappa shape index (κ1) is 6.99. The van der Waals surface area contributed by atoms with Crippen molar-refractivity contribution in [2.75, 3.05) is 0 Å². The van der Waals surface area contributed by atoms with E-state index in [-0.39, 0.29) is 0 Å². The minimum absolute atomic E-state index is 0.855. The molecule has 0 aliphatic rings. The Morgan fingerprint density at radius 2 is 2.25 bits per heavy atom. The highest BCUT2D eigenvalue weighted by molar-refractivity contribution is 5.86. The van der Waals surface area contributed by atoms with Crippen LogP contribution in [0.3, 0.4) is 0 Å². The average molecular weight is 114 g/mol. The first-order chi connectivity index (χ1) is 3.63. The molecule has 0 saturated heterocycles. The van der Waals surface area contributed by atoms with E-state index in [1.807, 2.05) is 0 Å². The summed E-state index contributed by atoms with van der Waals surface area (Å²) in [5.41, 5.74) is 0. The van der Waals surface area contributed by atoms with Gasteiger partial charge in [-0.1, -0.05) is 5.92 Å². The van der Waals surface area contributed by atoms with E-state index >= 15 is 0 Å². The van der Waals surface area contributed by atoms with Crippen LogP contribution in [0.5, 0.6) is 0 Å². The molecule has 1 atom stereocenters. The maximum absolute atomic E-state index is 9.62. The minimum atomic E-state index is -1.22. The molecular formula is C5H6O3. The van der Waals surface area contributed by atoms with Crippen LogP contribution < -0.4 is 0 Å². The SMILES string of the molecule is CC(O)C#CC(=O)O. The van der Waals surface area contributed by atoms with Gasteiger partial charge in [0.1, 0.15) is 6.10 Å². The average Bonchev–Trinajstić information content (AvgIpc) is 1.61. The molecule has 8 heavy (non-hydrogen) atoms. The number of hydrogen-bond donors (Lipinski definition) is 2. The molecule has 1 unspecified atom stereocenters. The maximum atomic E-state index is 9.62. The quantitative estimate of drug-likeness (QED) is 0.415. The number of aliphatic hydroxyl groups excluding tert-OH is 1. The van der Waals surface area contributed by atoms with Crippen LogP contribution in [0.25, 0.3) is 0 Å². The van der Waals surface area contributed by atoms with Crippen LogP contribution in [0.1, 0.15) is 6.92 Å². The summed E-state index contributed by atoms with van der Waals surface area (Å²) in [4.78, 5) is 9.62. The van der Waals surface area contributed by atoms with Crippen molar-refractivity contribution in [2.45, 2.75) is 13.0 Å². The lowest BCUT2D eigenvalue weighted by Crippen LogP contribution is -1.95. The largest absolute Gasteiger partial charge is 0.472 e. The van der Waals surface area contributed by atoms with Gasteiger partial charge in [0, 0.05) is 5.92 Å². The molecule has 0 spiro atoms. The molecule has 3 heteroatoms. The molecule has 0 aromatic carbocycles. The molecule has 0 amide bonds. The molecule has 3 nitrogen and oxygen atoms in total. The molecule has 0 radical (unpaired) electrons. The first-order valence-corrected chi connectivity index (χ1v) is 2.05. The number of carbonyl (C=O) groups is 1. The third-order valence-corrected chi connectivity index (χ3v) is 0.388. The van der Waals surface area contributed by atoms with Crippen molar-refractivity contribution in [1.29, 1.82) is 0 Å². The lowest BCUT2D eigenvalue weighted by atomic mass is 10.4. The molecule has 0 aliphatic carbocycles. The van der Waals surface area contributed by atoms with E-state index in [1.54, 1.807) is 5.92 Å². The summed E-state index contributed by atoms with van der Waals surface area (Å²) in [7, 11) is 0. The lowest BCUT2D eigenvalue weighted by Gasteiger charge is -1.83. The molecule has 0 heterocycles. The van der Waals surface area contributed by atoms with E-state index < -0.39 is 12.1 Å². The zero-order valence-electron chi connectivity index (χ0n) is 4.38. The molecule has 0 aliphatic heterocycles. The van der Waals surface area contributed by atoms with Crippen molar-refractivity contribution in [3.8, 4) is 11.8 Å². The number of aliphatic hydroxyl groups is 1. The molecule has 0 bridgehead atoms. The smallest absolute Gasteiger partial charge is 0.381 e. The van der Waals surface area contributed by atoms with Gasteiger partial charge in [0.25, 0.3) is 0 Å². The van der Waals surface area contributed by atoms with E-state index in [2.05, 4.69) is 5.92 Å². The molecule has 44 valence electrons. The Balaban J connectivity index is 3.68. The van der Waals surface area contributed by atoms with Gasteiger partial charge in [0.05, 0.1) is 0 Å². The van der Waals surface area contributed by atoms with Crippen molar-refractivity contribution in [3.05, 3.63) is 0 Å². The van der Waals surface area contributed by atoms with Crippen molar-refractivity contribution in [2.24, 2.45) is 0 Å². The van der Waals surface area contributed by atoms with Gasteiger partial charge in [0.15, 0.2) is 0 Å². The summed E-state index contributed by atoms with van der Waals surface area (Å²) in [5.74, 6) is 2.60. The molecule has 0 saturated carbocycles. The van der Waals surface area contributed by atoms with Crippen LogP contribution in [0, 0.1) is 11.8 Å². The highest BCUT2D eigenvalue weighted by Crippen LogP contribution is 1.70. The van der Waals surface area contributed by atoms with Gasteiger partial charge in [-0.05, 0) is 6.92 Å². The summed E-state index contributed by atoms with van der Waals surface area (Å²) in [5, 5.41) is 16.2. The third kappa shape index (κ3) is 4.99. The zero-order chi connectivity index (χ0) is 6.57. The number of rotatable bonds is 0. The van der Waals surface area contributed by atoms with Gasteiger partial charge in [-0.25, -0.2) is 4.79 Å². The monoisotopic (exact) mass is 114 g/mol. The minimum Gasteiger partial charge on any atom is -0.472 e. The second-order valence-corrected chi connectivity index (χ2v) is 1.25. The standard InChI is InChI=1S/C5H6O3/c1-4(6)2-3-5(7)8/h4,6H,1H3,(H,7,8). The Labute approximate surface area is 46.9 Å². The zero-order valence-corrected chi connectivity index (χ0v) is 4.38. The third-order valence-electron chi connectivity index (χ3n) is 0.388. The highest BCUT2D eigenvalue weighted by atomic mass is 16.4. The van der Waals surface area contributed by atoms with Crippen molar-refractivity contribution in [1.82, 2.24) is 0 Å². The maximum Gasteiger partial charge on any atom is 0.381 e. The van der Waals surface area contributed by atoms with Gasteiger partial charge in [-0.15, -0.1) is 0 Å². The van der Waals surface area contributed by atoms with Crippen LogP contribution in [0.4, 0.5) is 0 Å². The highest BCUT2D eigenvalue weighted by Gasteiger charge is 1.85. The molecule has 0 fully saturated rings. The van der Waals surface area contributed by atoms with Gasteiger partial charge < -0.3 is 10.2 Å². The fourth-order valence-electron chi connectivity index (χ4n) is 0.166. The fourth-order valence-corrected chi connectivity index (χ4v) is 0.166. The molecular weight excluding hydrogens is 108 g/mol. The first-order valence-electron chi connectivity index (χ1n) is 2.05. The van der Waals surface area contributed by atoms with Crippen LogP contribution in [0.2, 0.25) is 0 Å². The summed E-state index contributed by atoms with van der Waals surface area (Å²) < 4.78 is 0. The summed E-state index contributed by atoms with van der Waals surface area (Å²) >= 11 is 0. The van der Waals surface area contributed by atoms with Crippen molar-refractivity contribution in [3.63, 3.8) is 0 Å². The van der Waals surface area contributed by atoms with E-state index in [9.17, 15) is 4.79 Å². The number of aliphatic carboxylic acids is 1. The lowest BCUT2D eigenvalue weighted by molar-refractivity contribution is -0.130. The van der Waals surface area contributed by atoms with Crippen LogP contribution >= 0.6 is 0 Å². The van der Waals surface area contributed by atoms with Gasteiger partial charge in [-0.3, -0.25) is 0 Å². The predicted octanol–water partition coefficient (Wildman–Crippen LogP) is -0.545. The second kappa shape index (κ2) is 3.05. The Bertz CT molecular complexity index is 137. The number of carboxylic acid groups (broad SMARTS) is 1. The Kier molecular flexibility index (Phi) is 2.67. The fraction of sp³-hybridized carbons (Fsp3) is 0.400. The molecule has 0 aromatic heterocycles. The summed E-state index contributed by atoms with van der Waals surface area (Å²) in [6, 6.07) is 0. The summed E-state index contributed by atoms with van der Waals surface area (Å²) in [6.07, 6.45) is -0.855. The van der Waals surface area contributed by atoms with E-state index in [0.717, 1.165) is 0 Å². The van der Waals surface area contributed by atoms with E-state index in [1.165, 1.54) is 6.92 Å². The summed E-state index contributed by atoms with van der Waals surface area (Å²) in [6.45, 7) is 1.40. The van der Waals surface area contributed by atoms with Crippen LogP contribution in [-0.4, -0.2) is 22.3 Å². The van der Waals surface area contributed by atoms with Gasteiger partial charge in [0.2, 0.25) is 0 Å². The van der Waals surface area contributed by atoms with E-state index in [4.69, 9.17) is 10.2 Å². The van der Waals surface area contributed by atoms with E-state index in [0.29, 0.717) is 0 Å². The Morgan fingerprint density at radius 1 is 1.75 bits per heavy atom. The van der Waals surface area contributed by atoms with Crippen molar-refractivity contribution < 1.29 is 15.0 Å². The van der Waals surface area contributed by atoms with Crippen LogP contribution in [-0.2, 0) is 4.79 Å². The number of carboxylic acids is 1. The van der Waals surface area contributed by atoms with Gasteiger partial charge >= 0.3 is 5.97 Å². The Hall–Kier alpha value is -1.01.